The molecule has 1 atom stereocenters. The van der Waals surface area contributed by atoms with Crippen molar-refractivity contribution in [3.63, 3.8) is 0 Å². The van der Waals surface area contributed by atoms with E-state index in [1.807, 2.05) is 30.5 Å². The van der Waals surface area contributed by atoms with Gasteiger partial charge in [-0.15, -0.1) is 0 Å². The normalized spacial score (nSPS) is 16.7. The number of nitrogens with zero attached hydrogens (tertiary/aromatic N) is 2. The fraction of sp³-hybridized carbons (Fsp3) is 0.429. The Kier molecular flexibility index (Phi) is 6.23. The lowest BCUT2D eigenvalue weighted by atomic mass is 10.1. The summed E-state index contributed by atoms with van der Waals surface area (Å²) in [6.45, 7) is 6.42. The van der Waals surface area contributed by atoms with Gasteiger partial charge in [-0.25, -0.2) is 0 Å². The van der Waals surface area contributed by atoms with Gasteiger partial charge in [-0.2, -0.15) is 0 Å². The molecule has 5 heteroatoms. The molecule has 1 aromatic carbocycles. The minimum atomic E-state index is -0.0988. The van der Waals surface area contributed by atoms with E-state index < -0.39 is 0 Å². The van der Waals surface area contributed by atoms with Crippen molar-refractivity contribution in [3.8, 4) is 0 Å². The molecular formula is C21H27N3O2. The standard InChI is InChI=1S/C21H27N3O2/c1-16(2)24(15-17-7-4-3-5-8-17)19-11-18(12-22-13-19)21(25)23-14-20-9-6-10-26-20/h3-5,7-8,11-13,16,20H,6,9-10,14-15H2,1-2H3,(H,23,25). The quantitative estimate of drug-likeness (QED) is 0.829. The summed E-state index contributed by atoms with van der Waals surface area (Å²) in [7, 11) is 0. The average Bonchev–Trinajstić information content (AvgIpc) is 3.18. The van der Waals surface area contributed by atoms with Crippen LogP contribution in [0.5, 0.6) is 0 Å². The second kappa shape index (κ2) is 8.81. The van der Waals surface area contributed by atoms with Gasteiger partial charge in [-0.05, 0) is 38.3 Å². The molecule has 1 unspecified atom stereocenters. The zero-order chi connectivity index (χ0) is 18.4. The van der Waals surface area contributed by atoms with Crippen LogP contribution >= 0.6 is 0 Å². The average molecular weight is 353 g/mol. The topological polar surface area (TPSA) is 54.5 Å². The maximum atomic E-state index is 12.5. The van der Waals surface area contributed by atoms with Crippen molar-refractivity contribution < 1.29 is 9.53 Å². The smallest absolute Gasteiger partial charge is 0.253 e. The molecule has 0 spiro atoms. The molecule has 138 valence electrons. The number of hydrogen-bond donors (Lipinski definition) is 1. The van der Waals surface area contributed by atoms with Crippen molar-refractivity contribution in [1.82, 2.24) is 10.3 Å². The van der Waals surface area contributed by atoms with E-state index >= 15 is 0 Å². The first-order valence-corrected chi connectivity index (χ1v) is 9.29. The van der Waals surface area contributed by atoms with Crippen LogP contribution in [0.15, 0.2) is 48.8 Å². The van der Waals surface area contributed by atoms with Gasteiger partial charge in [0.2, 0.25) is 0 Å². The number of benzene rings is 1. The lowest BCUT2D eigenvalue weighted by Crippen LogP contribution is -2.33. The van der Waals surface area contributed by atoms with E-state index in [0.717, 1.165) is 31.7 Å². The highest BCUT2D eigenvalue weighted by molar-refractivity contribution is 5.94. The highest BCUT2D eigenvalue weighted by atomic mass is 16.5. The van der Waals surface area contributed by atoms with Gasteiger partial charge in [0.05, 0.1) is 23.6 Å². The summed E-state index contributed by atoms with van der Waals surface area (Å²) in [5, 5.41) is 2.96. The highest BCUT2D eigenvalue weighted by Gasteiger charge is 2.18. The summed E-state index contributed by atoms with van der Waals surface area (Å²) in [5.41, 5.74) is 2.77. The molecule has 1 fully saturated rings. The monoisotopic (exact) mass is 353 g/mol. The number of amides is 1. The van der Waals surface area contributed by atoms with E-state index in [1.54, 1.807) is 6.20 Å². The Morgan fingerprint density at radius 1 is 1.31 bits per heavy atom. The predicted octanol–water partition coefficient (Wildman–Crippen LogP) is 3.41. The third-order valence-corrected chi connectivity index (χ3v) is 4.65. The zero-order valence-corrected chi connectivity index (χ0v) is 15.5. The van der Waals surface area contributed by atoms with Crippen LogP contribution in [0.1, 0.15) is 42.6 Å². The van der Waals surface area contributed by atoms with Gasteiger partial charge >= 0.3 is 0 Å². The van der Waals surface area contributed by atoms with Crippen molar-refractivity contribution in [2.75, 3.05) is 18.1 Å². The molecule has 0 aliphatic carbocycles. The second-order valence-electron chi connectivity index (χ2n) is 6.98. The number of hydrogen-bond acceptors (Lipinski definition) is 4. The number of carbonyl (C=O) groups is 1. The van der Waals surface area contributed by atoms with E-state index in [1.165, 1.54) is 5.56 Å². The summed E-state index contributed by atoms with van der Waals surface area (Å²) in [5.74, 6) is -0.0988. The van der Waals surface area contributed by atoms with Crippen LogP contribution in [0.3, 0.4) is 0 Å². The van der Waals surface area contributed by atoms with Gasteiger partial charge in [0.25, 0.3) is 5.91 Å². The van der Waals surface area contributed by atoms with Crippen molar-refractivity contribution in [2.24, 2.45) is 0 Å². The van der Waals surface area contributed by atoms with Crippen molar-refractivity contribution in [2.45, 2.75) is 45.4 Å². The van der Waals surface area contributed by atoms with E-state index in [-0.39, 0.29) is 12.0 Å². The predicted molar refractivity (Wildman–Crippen MR) is 103 cm³/mol. The number of rotatable bonds is 7. The minimum Gasteiger partial charge on any atom is -0.376 e. The maximum absolute atomic E-state index is 12.5. The van der Waals surface area contributed by atoms with E-state index in [4.69, 9.17) is 4.74 Å². The third-order valence-electron chi connectivity index (χ3n) is 4.65. The van der Waals surface area contributed by atoms with Gasteiger partial charge in [0.15, 0.2) is 0 Å². The van der Waals surface area contributed by atoms with E-state index in [0.29, 0.717) is 18.2 Å². The maximum Gasteiger partial charge on any atom is 0.253 e. The fourth-order valence-corrected chi connectivity index (χ4v) is 3.18. The molecule has 26 heavy (non-hydrogen) atoms. The summed E-state index contributed by atoms with van der Waals surface area (Å²) >= 11 is 0. The number of ether oxygens (including phenoxy) is 1. The molecule has 1 aliphatic heterocycles. The van der Waals surface area contributed by atoms with Gasteiger partial charge < -0.3 is 15.0 Å². The molecule has 0 bridgehead atoms. The molecule has 2 heterocycles. The Labute approximate surface area is 155 Å². The molecule has 0 saturated carbocycles. The molecule has 3 rings (SSSR count). The molecule has 5 nitrogen and oxygen atoms in total. The van der Waals surface area contributed by atoms with Crippen molar-refractivity contribution in [1.29, 1.82) is 0 Å². The Morgan fingerprint density at radius 3 is 2.81 bits per heavy atom. The first kappa shape index (κ1) is 18.4. The van der Waals surface area contributed by atoms with Crippen LogP contribution in [-0.2, 0) is 11.3 Å². The van der Waals surface area contributed by atoms with Gasteiger partial charge in [-0.1, -0.05) is 30.3 Å². The molecule has 1 amide bonds. The van der Waals surface area contributed by atoms with Crippen LogP contribution in [-0.4, -0.2) is 36.2 Å². The number of anilines is 1. The largest absolute Gasteiger partial charge is 0.376 e. The highest BCUT2D eigenvalue weighted by Crippen LogP contribution is 2.20. The first-order chi connectivity index (χ1) is 12.6. The SMILES string of the molecule is CC(C)N(Cc1ccccc1)c1cncc(C(=O)NCC2CCCO2)c1. The second-order valence-corrected chi connectivity index (χ2v) is 6.98. The van der Waals surface area contributed by atoms with Crippen LogP contribution in [0, 0.1) is 0 Å². The Bertz CT molecular complexity index is 712. The zero-order valence-electron chi connectivity index (χ0n) is 15.5. The van der Waals surface area contributed by atoms with Crippen molar-refractivity contribution >= 4 is 11.6 Å². The lowest BCUT2D eigenvalue weighted by Gasteiger charge is -2.29. The Hall–Kier alpha value is -2.40. The van der Waals surface area contributed by atoms with Crippen molar-refractivity contribution in [3.05, 3.63) is 59.9 Å². The van der Waals surface area contributed by atoms with Crippen LogP contribution in [0.4, 0.5) is 5.69 Å². The Balaban J connectivity index is 1.70. The van der Waals surface area contributed by atoms with Gasteiger partial charge in [-0.3, -0.25) is 9.78 Å². The first-order valence-electron chi connectivity index (χ1n) is 9.29. The van der Waals surface area contributed by atoms with Gasteiger partial charge in [0.1, 0.15) is 0 Å². The molecule has 0 radical (unpaired) electrons. The lowest BCUT2D eigenvalue weighted by molar-refractivity contribution is 0.0857. The minimum absolute atomic E-state index is 0.0988. The molecule has 1 saturated heterocycles. The number of nitrogens with one attached hydrogen (secondary N) is 1. The summed E-state index contributed by atoms with van der Waals surface area (Å²) in [6.07, 6.45) is 5.66. The molecule has 1 aromatic heterocycles. The molecular weight excluding hydrogens is 326 g/mol. The van der Waals surface area contributed by atoms with Gasteiger partial charge in [0, 0.05) is 31.9 Å². The summed E-state index contributed by atoms with van der Waals surface area (Å²) in [6, 6.07) is 12.5. The third kappa shape index (κ3) is 4.82. The number of aromatic nitrogens is 1. The molecule has 2 aromatic rings. The van der Waals surface area contributed by atoms with Crippen LogP contribution < -0.4 is 10.2 Å². The molecule has 1 aliphatic rings. The van der Waals surface area contributed by atoms with E-state index in [9.17, 15) is 4.79 Å². The van der Waals surface area contributed by atoms with E-state index in [2.05, 4.69) is 41.2 Å². The number of carbonyl (C=O) groups excluding carboxylic acids is 1. The molecule has 1 N–H and O–H groups in total. The van der Waals surface area contributed by atoms with Crippen LogP contribution in [0.25, 0.3) is 0 Å². The Morgan fingerprint density at radius 2 is 2.12 bits per heavy atom. The summed E-state index contributed by atoms with van der Waals surface area (Å²) in [4.78, 5) is 19.0. The summed E-state index contributed by atoms with van der Waals surface area (Å²) < 4.78 is 5.56. The van der Waals surface area contributed by atoms with Crippen LogP contribution in [0.2, 0.25) is 0 Å². The number of pyridine rings is 1. The fourth-order valence-electron chi connectivity index (χ4n) is 3.18.